The maximum absolute atomic E-state index is 12.2. The van der Waals surface area contributed by atoms with Gasteiger partial charge in [-0.3, -0.25) is 4.79 Å². The Hall–Kier alpha value is -0.736. The number of rotatable bonds is 8. The molecular formula is C19H28O4Y-2. The van der Waals surface area contributed by atoms with Gasteiger partial charge in [-0.1, -0.05) is 20.3 Å². The Morgan fingerprint density at radius 1 is 1.29 bits per heavy atom. The molecule has 0 saturated carbocycles. The topological polar surface area (TPSA) is 66.8 Å². The fourth-order valence-corrected chi connectivity index (χ4v) is 2.68. The minimum absolute atomic E-state index is 0. The molecule has 1 atom stereocenters. The summed E-state index contributed by atoms with van der Waals surface area (Å²) in [4.78, 5) is 12.2. The fourth-order valence-electron chi connectivity index (χ4n) is 2.68. The van der Waals surface area contributed by atoms with E-state index in [4.69, 9.17) is 4.74 Å². The van der Waals surface area contributed by atoms with Crippen LogP contribution in [0.15, 0.2) is 12.1 Å². The van der Waals surface area contributed by atoms with Crippen molar-refractivity contribution in [1.82, 2.24) is 0 Å². The fraction of sp³-hybridized carbons (Fsp3) is 0.526. The second-order valence-corrected chi connectivity index (χ2v) is 6.87. The molecule has 0 bridgehead atoms. The van der Waals surface area contributed by atoms with E-state index < -0.39 is 5.97 Å². The second kappa shape index (κ2) is 10.3. The van der Waals surface area contributed by atoms with Crippen molar-refractivity contribution < 1.29 is 52.5 Å². The predicted octanol–water partition coefficient (Wildman–Crippen LogP) is 4.63. The number of esters is 1. The number of hydrogen-bond donors (Lipinski definition) is 2. The van der Waals surface area contributed by atoms with Gasteiger partial charge in [-0.05, 0) is 43.2 Å². The molecule has 1 aromatic carbocycles. The van der Waals surface area contributed by atoms with Crippen LogP contribution < -0.4 is 0 Å². The SMILES string of the molecule is [CH2-]CCC(C)(C)CCC[C@H](C)OC(=O)c1c([CH2-])cc(O)cc1O.[Y]. The third kappa shape index (κ3) is 7.44. The van der Waals surface area contributed by atoms with Crippen LogP contribution in [0.25, 0.3) is 0 Å². The molecule has 0 spiro atoms. The summed E-state index contributed by atoms with van der Waals surface area (Å²) >= 11 is 0. The summed E-state index contributed by atoms with van der Waals surface area (Å²) in [7, 11) is 0. The summed E-state index contributed by atoms with van der Waals surface area (Å²) < 4.78 is 5.38. The van der Waals surface area contributed by atoms with Gasteiger partial charge < -0.3 is 21.9 Å². The van der Waals surface area contributed by atoms with E-state index >= 15 is 0 Å². The van der Waals surface area contributed by atoms with Crippen molar-refractivity contribution in [1.29, 1.82) is 0 Å². The molecular weight excluding hydrogens is 381 g/mol. The van der Waals surface area contributed by atoms with Crippen LogP contribution in [0.4, 0.5) is 0 Å². The van der Waals surface area contributed by atoms with Gasteiger partial charge in [-0.25, -0.2) is 0 Å². The number of phenolic OH excluding ortho intramolecular Hbond substituents is 2. The zero-order chi connectivity index (χ0) is 17.6. The van der Waals surface area contributed by atoms with Gasteiger partial charge in [-0.2, -0.15) is 18.9 Å². The van der Waals surface area contributed by atoms with Crippen molar-refractivity contribution >= 4 is 5.97 Å². The summed E-state index contributed by atoms with van der Waals surface area (Å²) in [5, 5.41) is 19.2. The molecule has 0 aliphatic carbocycles. The van der Waals surface area contributed by atoms with E-state index in [-0.39, 0.29) is 66.9 Å². The second-order valence-electron chi connectivity index (χ2n) is 6.87. The Morgan fingerprint density at radius 2 is 1.92 bits per heavy atom. The third-order valence-electron chi connectivity index (χ3n) is 4.01. The molecule has 2 N–H and O–H groups in total. The molecule has 0 aliphatic rings. The molecule has 0 unspecified atom stereocenters. The molecule has 5 heteroatoms. The van der Waals surface area contributed by atoms with Gasteiger partial charge in [0, 0.05) is 32.7 Å². The van der Waals surface area contributed by atoms with Crippen molar-refractivity contribution in [2.75, 3.05) is 0 Å². The number of carbonyl (C=O) groups excluding carboxylic acids is 1. The van der Waals surface area contributed by atoms with E-state index in [0.29, 0.717) is 0 Å². The van der Waals surface area contributed by atoms with Gasteiger partial charge in [0.05, 0.1) is 17.6 Å². The van der Waals surface area contributed by atoms with Crippen molar-refractivity contribution in [3.8, 4) is 11.5 Å². The minimum atomic E-state index is -0.614. The standard InChI is InChI=1S/C19H28O4.Y/c1-6-9-19(4,5)10-7-8-14(3)23-18(22)17-13(2)11-15(20)12-16(17)21;/h11-12,14,20-21H,1-2,6-10H2,3-5H3;/q-2;/t14-;/m0./s1. The van der Waals surface area contributed by atoms with Gasteiger partial charge >= 0.3 is 0 Å². The first-order valence-corrected chi connectivity index (χ1v) is 8.04. The molecule has 133 valence electrons. The molecule has 0 aliphatic heterocycles. The van der Waals surface area contributed by atoms with E-state index in [1.165, 1.54) is 6.07 Å². The van der Waals surface area contributed by atoms with Crippen molar-refractivity contribution in [2.24, 2.45) is 5.41 Å². The first-order chi connectivity index (χ1) is 10.7. The molecule has 0 saturated heterocycles. The largest absolute Gasteiger partial charge is 0.521 e. The molecule has 0 aromatic heterocycles. The Bertz CT molecular complexity index is 517. The number of carbonyl (C=O) groups is 1. The smallest absolute Gasteiger partial charge is 0.285 e. The third-order valence-corrected chi connectivity index (χ3v) is 4.01. The number of ether oxygens (including phenoxy) is 1. The average molecular weight is 409 g/mol. The summed E-state index contributed by atoms with van der Waals surface area (Å²) in [6, 6.07) is 2.43. The van der Waals surface area contributed by atoms with Gasteiger partial charge in [0.2, 0.25) is 0 Å². The number of hydrogen-bond acceptors (Lipinski definition) is 4. The van der Waals surface area contributed by atoms with E-state index in [9.17, 15) is 15.0 Å². The summed E-state index contributed by atoms with van der Waals surface area (Å²) in [5.74, 6) is -1.06. The van der Waals surface area contributed by atoms with E-state index in [2.05, 4.69) is 27.7 Å². The predicted molar refractivity (Wildman–Crippen MR) is 91.3 cm³/mol. The van der Waals surface area contributed by atoms with E-state index in [1.807, 2.05) is 6.92 Å². The van der Waals surface area contributed by atoms with Gasteiger partial charge in [0.15, 0.2) is 0 Å². The molecule has 1 rings (SSSR count). The van der Waals surface area contributed by atoms with Crippen LogP contribution >= 0.6 is 0 Å². The Kier molecular flexibility index (Phi) is 9.98. The molecule has 4 nitrogen and oxygen atoms in total. The first kappa shape index (κ1) is 23.3. The molecule has 0 heterocycles. The average Bonchev–Trinajstić information content (AvgIpc) is 2.36. The Balaban J connectivity index is 0.00000529. The number of aromatic hydroxyl groups is 2. The van der Waals surface area contributed by atoms with E-state index in [1.54, 1.807) is 0 Å². The quantitative estimate of drug-likeness (QED) is 0.485. The van der Waals surface area contributed by atoms with Gasteiger partial charge in [-0.15, -0.1) is 6.07 Å². The summed E-state index contributed by atoms with van der Waals surface area (Å²) in [6.45, 7) is 13.8. The van der Waals surface area contributed by atoms with Crippen LogP contribution in [-0.2, 0) is 37.4 Å². The van der Waals surface area contributed by atoms with E-state index in [0.717, 1.165) is 38.2 Å². The van der Waals surface area contributed by atoms with Crippen LogP contribution in [0.5, 0.6) is 11.5 Å². The molecule has 1 aromatic rings. The number of phenols is 2. The number of benzene rings is 1. The van der Waals surface area contributed by atoms with Crippen LogP contribution in [-0.4, -0.2) is 22.3 Å². The van der Waals surface area contributed by atoms with Crippen molar-refractivity contribution in [3.05, 3.63) is 37.1 Å². The Labute approximate surface area is 170 Å². The molecule has 0 fully saturated rings. The molecule has 0 amide bonds. The zero-order valence-electron chi connectivity index (χ0n) is 15.0. The summed E-state index contributed by atoms with van der Waals surface area (Å²) in [6.07, 6.45) is 4.52. The van der Waals surface area contributed by atoms with Crippen LogP contribution in [0.3, 0.4) is 0 Å². The van der Waals surface area contributed by atoms with Crippen LogP contribution in [0.1, 0.15) is 68.8 Å². The van der Waals surface area contributed by atoms with Crippen molar-refractivity contribution in [2.45, 2.75) is 59.0 Å². The van der Waals surface area contributed by atoms with Gasteiger partial charge in [0.1, 0.15) is 0 Å². The molecule has 1 radical (unpaired) electrons. The Morgan fingerprint density at radius 3 is 2.46 bits per heavy atom. The first-order valence-electron chi connectivity index (χ1n) is 8.04. The maximum Gasteiger partial charge on any atom is 0.285 e. The monoisotopic (exact) mass is 409 g/mol. The van der Waals surface area contributed by atoms with Crippen LogP contribution in [0, 0.1) is 19.3 Å². The zero-order valence-corrected chi connectivity index (χ0v) is 17.8. The summed E-state index contributed by atoms with van der Waals surface area (Å²) in [5.41, 5.74) is 0.504. The van der Waals surface area contributed by atoms with Crippen molar-refractivity contribution in [3.63, 3.8) is 0 Å². The normalized spacial score (nSPS) is 12.3. The molecule has 24 heavy (non-hydrogen) atoms. The van der Waals surface area contributed by atoms with Crippen LogP contribution in [0.2, 0.25) is 0 Å². The maximum atomic E-state index is 12.2. The van der Waals surface area contributed by atoms with Gasteiger partial charge in [0.25, 0.3) is 5.97 Å². The minimum Gasteiger partial charge on any atom is -0.521 e.